The van der Waals surface area contributed by atoms with Crippen LogP contribution in [0.3, 0.4) is 0 Å². The number of carbonyl (C=O) groups excluding carboxylic acids is 1. The van der Waals surface area contributed by atoms with Gasteiger partial charge in [-0.2, -0.15) is 0 Å². The largest absolute Gasteiger partial charge is 0.493 e. The van der Waals surface area contributed by atoms with E-state index in [0.717, 1.165) is 38.3 Å². The van der Waals surface area contributed by atoms with Crippen molar-refractivity contribution >= 4 is 17.6 Å². The number of carbonyl (C=O) groups is 1. The number of nitrogens with one attached hydrogen (secondary N) is 1. The van der Waals surface area contributed by atoms with Gasteiger partial charge in [0.15, 0.2) is 0 Å². The number of halogens is 1. The number of ether oxygens (including phenoxy) is 1. The van der Waals surface area contributed by atoms with Crippen LogP contribution in [0.1, 0.15) is 13.3 Å². The van der Waals surface area contributed by atoms with Gasteiger partial charge in [-0.05, 0) is 38.6 Å². The van der Waals surface area contributed by atoms with Crippen molar-refractivity contribution in [1.29, 1.82) is 0 Å². The van der Waals surface area contributed by atoms with Gasteiger partial charge in [0.05, 0.1) is 6.61 Å². The minimum absolute atomic E-state index is 0.0336. The van der Waals surface area contributed by atoms with E-state index in [1.165, 1.54) is 0 Å². The summed E-state index contributed by atoms with van der Waals surface area (Å²) in [7, 11) is 3.96. The smallest absolute Gasteiger partial charge is 0.317 e. The highest BCUT2D eigenvalue weighted by Crippen LogP contribution is 2.17. The summed E-state index contributed by atoms with van der Waals surface area (Å²) in [5, 5.41) is 3.69. The van der Waals surface area contributed by atoms with E-state index in [-0.39, 0.29) is 6.03 Å². The van der Waals surface area contributed by atoms with E-state index in [4.69, 9.17) is 16.3 Å². The molecule has 0 aromatic heterocycles. The van der Waals surface area contributed by atoms with E-state index in [9.17, 15) is 4.79 Å². The minimum atomic E-state index is -0.0336. The molecule has 2 rings (SSSR count). The fraction of sp³-hybridized carbons (Fsp3) is 0.632. The molecule has 1 aliphatic rings. The van der Waals surface area contributed by atoms with Gasteiger partial charge >= 0.3 is 6.03 Å². The van der Waals surface area contributed by atoms with Gasteiger partial charge in [0.1, 0.15) is 5.75 Å². The molecule has 0 bridgehead atoms. The Balaban J connectivity index is 1.59. The van der Waals surface area contributed by atoms with Crippen LogP contribution in [-0.2, 0) is 0 Å². The van der Waals surface area contributed by atoms with Crippen molar-refractivity contribution in [3.8, 4) is 5.75 Å². The van der Waals surface area contributed by atoms with Crippen LogP contribution in [-0.4, -0.2) is 86.7 Å². The van der Waals surface area contributed by atoms with Gasteiger partial charge < -0.3 is 19.9 Å². The van der Waals surface area contributed by atoms with Gasteiger partial charge in [-0.15, -0.1) is 0 Å². The summed E-state index contributed by atoms with van der Waals surface area (Å²) in [6.45, 7) is 8.34. The van der Waals surface area contributed by atoms with Gasteiger partial charge in [0, 0.05) is 57.4 Å². The third-order valence-electron chi connectivity index (χ3n) is 4.76. The summed E-state index contributed by atoms with van der Waals surface area (Å²) in [6, 6.07) is 7.66. The zero-order valence-electron chi connectivity index (χ0n) is 16.1. The predicted molar refractivity (Wildman–Crippen MR) is 106 cm³/mol. The molecule has 1 heterocycles. The lowest BCUT2D eigenvalue weighted by Crippen LogP contribution is -2.52. The molecule has 146 valence electrons. The third kappa shape index (κ3) is 7.02. The van der Waals surface area contributed by atoms with Crippen molar-refractivity contribution in [2.45, 2.75) is 19.4 Å². The van der Waals surface area contributed by atoms with Crippen molar-refractivity contribution in [3.63, 3.8) is 0 Å². The summed E-state index contributed by atoms with van der Waals surface area (Å²) in [4.78, 5) is 18.7. The van der Waals surface area contributed by atoms with Crippen molar-refractivity contribution in [2.24, 2.45) is 0 Å². The van der Waals surface area contributed by atoms with E-state index < -0.39 is 0 Å². The number of amides is 2. The number of likely N-dealkylation sites (N-methyl/N-ethyl adjacent to an activating group) is 1. The van der Waals surface area contributed by atoms with Crippen LogP contribution < -0.4 is 10.1 Å². The molecule has 1 aromatic carbocycles. The lowest BCUT2D eigenvalue weighted by molar-refractivity contribution is 0.117. The maximum Gasteiger partial charge on any atom is 0.317 e. The van der Waals surface area contributed by atoms with Gasteiger partial charge in [0.25, 0.3) is 0 Å². The first-order chi connectivity index (χ1) is 12.5. The Bertz CT molecular complexity index is 564. The SMILES string of the molecule is C[C@H](CNC(=O)N(C)CCCOc1cccc(Cl)c1)N1CCN(C)CC1. The molecular weight excluding hydrogens is 352 g/mol. The van der Waals surface area contributed by atoms with Crippen molar-refractivity contribution in [3.05, 3.63) is 29.3 Å². The molecule has 1 aliphatic heterocycles. The fourth-order valence-corrected chi connectivity index (χ4v) is 3.09. The highest BCUT2D eigenvalue weighted by atomic mass is 35.5. The van der Waals surface area contributed by atoms with Gasteiger partial charge in [-0.3, -0.25) is 4.90 Å². The summed E-state index contributed by atoms with van der Waals surface area (Å²) >= 11 is 5.93. The molecule has 2 amide bonds. The van der Waals surface area contributed by atoms with Crippen LogP contribution in [0.25, 0.3) is 0 Å². The zero-order valence-corrected chi connectivity index (χ0v) is 16.8. The average Bonchev–Trinajstić information content (AvgIpc) is 2.63. The molecule has 7 heteroatoms. The monoisotopic (exact) mass is 382 g/mol. The molecule has 26 heavy (non-hydrogen) atoms. The van der Waals surface area contributed by atoms with Crippen LogP contribution in [0, 0.1) is 0 Å². The number of urea groups is 1. The van der Waals surface area contributed by atoms with E-state index in [1.807, 2.05) is 25.2 Å². The van der Waals surface area contributed by atoms with Crippen LogP contribution >= 0.6 is 11.6 Å². The van der Waals surface area contributed by atoms with Crippen LogP contribution in [0.5, 0.6) is 5.75 Å². The first-order valence-electron chi connectivity index (χ1n) is 9.25. The van der Waals surface area contributed by atoms with Crippen LogP contribution in [0.2, 0.25) is 5.02 Å². The molecule has 0 unspecified atom stereocenters. The second-order valence-corrected chi connectivity index (χ2v) is 7.39. The molecule has 1 atom stereocenters. The minimum Gasteiger partial charge on any atom is -0.493 e. The maximum atomic E-state index is 12.2. The van der Waals surface area contributed by atoms with E-state index in [2.05, 4.69) is 29.1 Å². The highest BCUT2D eigenvalue weighted by molar-refractivity contribution is 6.30. The second-order valence-electron chi connectivity index (χ2n) is 6.96. The van der Waals surface area contributed by atoms with Gasteiger partial charge in [-0.1, -0.05) is 17.7 Å². The van der Waals surface area contributed by atoms with Gasteiger partial charge in [-0.25, -0.2) is 4.79 Å². The number of benzene rings is 1. The number of hydrogen-bond donors (Lipinski definition) is 1. The molecule has 1 fully saturated rings. The Morgan fingerprint density at radius 2 is 2.08 bits per heavy atom. The topological polar surface area (TPSA) is 48.1 Å². The lowest BCUT2D eigenvalue weighted by Gasteiger charge is -2.36. The first-order valence-corrected chi connectivity index (χ1v) is 9.63. The molecule has 0 radical (unpaired) electrons. The quantitative estimate of drug-likeness (QED) is 0.701. The molecule has 0 saturated carbocycles. The molecule has 6 nitrogen and oxygen atoms in total. The highest BCUT2D eigenvalue weighted by Gasteiger charge is 2.19. The van der Waals surface area contributed by atoms with Crippen LogP contribution in [0.15, 0.2) is 24.3 Å². The van der Waals surface area contributed by atoms with Crippen molar-refractivity contribution in [2.75, 3.05) is 60.0 Å². The molecule has 1 saturated heterocycles. The zero-order chi connectivity index (χ0) is 18.9. The predicted octanol–water partition coefficient (Wildman–Crippen LogP) is 2.39. The number of piperazine rings is 1. The molecule has 1 N–H and O–H groups in total. The van der Waals surface area contributed by atoms with E-state index >= 15 is 0 Å². The molecule has 0 spiro atoms. The Kier molecular flexibility index (Phi) is 8.48. The first kappa shape index (κ1) is 20.8. The Labute approximate surface area is 162 Å². The molecule has 0 aliphatic carbocycles. The number of rotatable bonds is 8. The van der Waals surface area contributed by atoms with E-state index in [1.54, 1.807) is 11.0 Å². The van der Waals surface area contributed by atoms with Crippen molar-refractivity contribution in [1.82, 2.24) is 20.0 Å². The van der Waals surface area contributed by atoms with E-state index in [0.29, 0.717) is 30.8 Å². The third-order valence-corrected chi connectivity index (χ3v) is 4.99. The molecule has 1 aromatic rings. The Hall–Kier alpha value is -1.50. The summed E-state index contributed by atoms with van der Waals surface area (Å²) in [5.74, 6) is 0.755. The normalized spacial score (nSPS) is 16.9. The lowest BCUT2D eigenvalue weighted by atomic mass is 10.2. The summed E-state index contributed by atoms with van der Waals surface area (Å²) in [6.07, 6.45) is 0.768. The van der Waals surface area contributed by atoms with Crippen molar-refractivity contribution < 1.29 is 9.53 Å². The Morgan fingerprint density at radius 1 is 1.35 bits per heavy atom. The summed E-state index contributed by atoms with van der Waals surface area (Å²) in [5.41, 5.74) is 0. The number of nitrogens with zero attached hydrogens (tertiary/aromatic N) is 3. The average molecular weight is 383 g/mol. The summed E-state index contributed by atoms with van der Waals surface area (Å²) < 4.78 is 5.65. The van der Waals surface area contributed by atoms with Crippen LogP contribution in [0.4, 0.5) is 4.79 Å². The standard InChI is InChI=1S/C19H31ClN4O2/c1-16(24-11-9-22(2)10-12-24)15-21-19(25)23(3)8-5-13-26-18-7-4-6-17(20)14-18/h4,6-7,14,16H,5,8-13,15H2,1-3H3,(H,21,25)/t16-/m1/s1. The number of hydrogen-bond acceptors (Lipinski definition) is 4. The fourth-order valence-electron chi connectivity index (χ4n) is 2.91. The van der Waals surface area contributed by atoms with Gasteiger partial charge in [0.2, 0.25) is 0 Å². The molecular formula is C19H31ClN4O2. The maximum absolute atomic E-state index is 12.2. The Morgan fingerprint density at radius 3 is 2.77 bits per heavy atom. The second kappa shape index (κ2) is 10.6.